The van der Waals surface area contributed by atoms with Crippen molar-refractivity contribution in [1.29, 1.82) is 0 Å². The van der Waals surface area contributed by atoms with Gasteiger partial charge in [-0.3, -0.25) is 43.1 Å². The zero-order valence-corrected chi connectivity index (χ0v) is 31.8. The van der Waals surface area contributed by atoms with E-state index in [9.17, 15) is 0 Å². The summed E-state index contributed by atoms with van der Waals surface area (Å²) >= 11 is 0. The van der Waals surface area contributed by atoms with Crippen molar-refractivity contribution >= 4 is 17.9 Å². The molecule has 6 rings (SSSR count). The molecule has 0 amide bonds. The van der Waals surface area contributed by atoms with Crippen LogP contribution in [0.15, 0.2) is 0 Å². The molecule has 3 fully saturated rings. The summed E-state index contributed by atoms with van der Waals surface area (Å²) in [5, 5.41) is 0. The van der Waals surface area contributed by atoms with Gasteiger partial charge >= 0.3 is 17.9 Å². The predicted molar refractivity (Wildman–Crippen MR) is 190 cm³/mol. The fraction of sp³-hybridized carbons (Fsp3) is 0.917. The Kier molecular flexibility index (Phi) is 11.3. The van der Waals surface area contributed by atoms with Crippen molar-refractivity contribution in [2.24, 2.45) is 0 Å². The first-order valence-corrected chi connectivity index (χ1v) is 18.3. The van der Waals surface area contributed by atoms with Crippen LogP contribution in [-0.4, -0.2) is 177 Å². The van der Waals surface area contributed by atoms with Gasteiger partial charge in [0.2, 0.25) is 0 Å². The Morgan fingerprint density at radius 1 is 0.356 bits per heavy atom. The van der Waals surface area contributed by atoms with Crippen molar-refractivity contribution in [2.75, 3.05) is 99.7 Å². The second-order valence-electron chi connectivity index (χ2n) is 17.2. The van der Waals surface area contributed by atoms with Gasteiger partial charge in [0, 0.05) is 38.5 Å². The van der Waals surface area contributed by atoms with E-state index >= 15 is 0 Å². The molecular weight excluding hydrogens is 558 g/mol. The average molecular weight is 631 g/mol. The number of hydrogen-bond acceptors (Lipinski definition) is 6. The summed E-state index contributed by atoms with van der Waals surface area (Å²) in [6.45, 7) is 35.5. The Hall–Kier alpha value is -2.19. The first kappa shape index (κ1) is 35.7. The largest absolute Gasteiger partial charge is 0.350 e. The summed E-state index contributed by atoms with van der Waals surface area (Å²) in [6.07, 6.45) is 7.81. The summed E-state index contributed by atoms with van der Waals surface area (Å²) < 4.78 is 7.27. The first-order valence-electron chi connectivity index (χ1n) is 18.3. The summed E-state index contributed by atoms with van der Waals surface area (Å²) in [5.74, 6) is 4.38. The molecule has 0 unspecified atom stereocenters. The van der Waals surface area contributed by atoms with Gasteiger partial charge in [-0.15, -0.1) is 0 Å². The smallest absolute Gasteiger partial charge is 0.267 e. The molecule has 6 aliphatic heterocycles. The monoisotopic (exact) mass is 631 g/mol. The molecule has 0 aliphatic carbocycles. The van der Waals surface area contributed by atoms with Crippen LogP contribution in [-0.2, 0) is 0 Å². The molecule has 0 spiro atoms. The van der Waals surface area contributed by atoms with E-state index in [2.05, 4.69) is 127 Å². The zero-order chi connectivity index (χ0) is 33.2. The standard InChI is InChI=1S/3C12H24N3/c3*1-12(2,3)15-10-6-9-14-8-5-7-13(4)11(14)15/h3*5-10H2,1-4H3/q3*+1. The number of hydrogen-bond donors (Lipinski definition) is 0. The third kappa shape index (κ3) is 8.59. The van der Waals surface area contributed by atoms with Crippen LogP contribution in [0.4, 0.5) is 0 Å². The average Bonchev–Trinajstić information content (AvgIpc) is 2.96. The van der Waals surface area contributed by atoms with E-state index in [0.29, 0.717) is 0 Å². The van der Waals surface area contributed by atoms with E-state index in [-0.39, 0.29) is 16.6 Å². The van der Waals surface area contributed by atoms with Crippen molar-refractivity contribution < 1.29 is 13.7 Å². The van der Waals surface area contributed by atoms with Crippen LogP contribution in [0, 0.1) is 0 Å². The fourth-order valence-electron chi connectivity index (χ4n) is 8.05. The molecule has 0 aromatic rings. The van der Waals surface area contributed by atoms with Gasteiger partial charge in [-0.2, -0.15) is 0 Å². The second kappa shape index (κ2) is 14.3. The molecule has 258 valence electrons. The summed E-state index contributed by atoms with van der Waals surface area (Å²) in [7, 11) is 6.68. The molecule has 6 heterocycles. The maximum absolute atomic E-state index is 2.57. The van der Waals surface area contributed by atoms with Crippen LogP contribution < -0.4 is 0 Å². The van der Waals surface area contributed by atoms with Crippen LogP contribution in [0.2, 0.25) is 0 Å². The quantitative estimate of drug-likeness (QED) is 0.380. The Labute approximate surface area is 277 Å². The van der Waals surface area contributed by atoms with Crippen LogP contribution in [0.3, 0.4) is 0 Å². The molecule has 45 heavy (non-hydrogen) atoms. The minimum Gasteiger partial charge on any atom is -0.267 e. The van der Waals surface area contributed by atoms with Gasteiger partial charge in [0.15, 0.2) is 0 Å². The molecule has 0 aromatic carbocycles. The maximum atomic E-state index is 2.57. The molecule has 0 radical (unpaired) electrons. The van der Waals surface area contributed by atoms with Crippen molar-refractivity contribution in [3.63, 3.8) is 0 Å². The lowest BCUT2D eigenvalue weighted by molar-refractivity contribution is -0.516. The molecule has 0 bridgehead atoms. The van der Waals surface area contributed by atoms with E-state index in [1.54, 1.807) is 0 Å². The van der Waals surface area contributed by atoms with Gasteiger partial charge in [-0.25, -0.2) is 0 Å². The van der Waals surface area contributed by atoms with Gasteiger partial charge < -0.3 is 0 Å². The van der Waals surface area contributed by atoms with Gasteiger partial charge in [0.05, 0.1) is 116 Å². The van der Waals surface area contributed by atoms with E-state index in [4.69, 9.17) is 0 Å². The number of guanidine groups is 3. The van der Waals surface area contributed by atoms with E-state index < -0.39 is 0 Å². The molecule has 0 saturated carbocycles. The molecule has 9 heteroatoms. The topological polar surface area (TPSA) is 28.5 Å². The second-order valence-corrected chi connectivity index (χ2v) is 17.2. The zero-order valence-electron chi connectivity index (χ0n) is 31.8. The van der Waals surface area contributed by atoms with Gasteiger partial charge in [-0.05, 0) is 62.3 Å². The van der Waals surface area contributed by atoms with Gasteiger partial charge in [-0.1, -0.05) is 0 Å². The van der Waals surface area contributed by atoms with E-state index in [1.807, 2.05) is 0 Å². The number of fused-ring (bicyclic) bond motifs is 3. The molecule has 0 N–H and O–H groups in total. The van der Waals surface area contributed by atoms with Gasteiger partial charge in [0.1, 0.15) is 0 Å². The number of rotatable bonds is 0. The van der Waals surface area contributed by atoms with Crippen LogP contribution in [0.1, 0.15) is 101 Å². The first-order chi connectivity index (χ1) is 21.0. The molecular formula is C36H72N9+3. The fourth-order valence-corrected chi connectivity index (χ4v) is 8.05. The summed E-state index contributed by atoms with van der Waals surface area (Å²) in [4.78, 5) is 15.4. The third-order valence-corrected chi connectivity index (χ3v) is 10.2. The van der Waals surface area contributed by atoms with Crippen LogP contribution in [0.5, 0.6) is 0 Å². The Morgan fingerprint density at radius 3 is 0.800 bits per heavy atom. The normalized spacial score (nSPS) is 23.2. The molecule has 6 aliphatic rings. The highest BCUT2D eigenvalue weighted by Gasteiger charge is 2.42. The minimum absolute atomic E-state index is 0.250. The highest BCUT2D eigenvalue weighted by Crippen LogP contribution is 2.24. The maximum Gasteiger partial charge on any atom is 0.350 e. The Balaban J connectivity index is 0.000000154. The Morgan fingerprint density at radius 2 is 0.578 bits per heavy atom. The lowest BCUT2D eigenvalue weighted by atomic mass is 10.0. The van der Waals surface area contributed by atoms with Crippen molar-refractivity contribution in [1.82, 2.24) is 29.4 Å². The molecule has 9 nitrogen and oxygen atoms in total. The minimum atomic E-state index is 0.250. The Bertz CT molecular complexity index is 963. The van der Waals surface area contributed by atoms with Crippen LogP contribution in [0.25, 0.3) is 0 Å². The summed E-state index contributed by atoms with van der Waals surface area (Å²) in [5.41, 5.74) is 0.749. The van der Waals surface area contributed by atoms with E-state index in [1.165, 1.54) is 135 Å². The molecule has 0 atom stereocenters. The third-order valence-electron chi connectivity index (χ3n) is 10.2. The highest BCUT2D eigenvalue weighted by atomic mass is 15.5. The van der Waals surface area contributed by atoms with Crippen molar-refractivity contribution in [2.45, 2.75) is 117 Å². The van der Waals surface area contributed by atoms with Crippen molar-refractivity contribution in [3.8, 4) is 0 Å². The SMILES string of the molecule is C[N+]1=C2N(CCCN2C(C)(C)C)CCC1.C[N+]1=C2N(CCCN2C(C)(C)C)CCC1.C[N+]1=C2N(CCCN2C(C)(C)C)CCC1. The van der Waals surface area contributed by atoms with E-state index in [0.717, 1.165) is 0 Å². The predicted octanol–water partition coefficient (Wildman–Crippen LogP) is 3.58. The highest BCUT2D eigenvalue weighted by molar-refractivity contribution is 5.78. The molecule has 3 saturated heterocycles. The molecule has 0 aromatic heterocycles. The van der Waals surface area contributed by atoms with Crippen molar-refractivity contribution in [3.05, 3.63) is 0 Å². The summed E-state index contributed by atoms with van der Waals surface area (Å²) in [6, 6.07) is 0. The lowest BCUT2D eigenvalue weighted by Gasteiger charge is -2.42. The lowest BCUT2D eigenvalue weighted by Crippen LogP contribution is -2.61. The van der Waals surface area contributed by atoms with Gasteiger partial charge in [0.25, 0.3) is 0 Å². The number of nitrogens with zero attached hydrogens (tertiary/aromatic N) is 9. The van der Waals surface area contributed by atoms with Crippen LogP contribution >= 0.6 is 0 Å².